The molecule has 1 heterocycles. The average Bonchev–Trinajstić information content (AvgIpc) is 0.856. The zero-order valence-corrected chi connectivity index (χ0v) is 64.7. The molecule has 0 spiro atoms. The lowest BCUT2D eigenvalue weighted by molar-refractivity contribution is -0.138. The fourth-order valence-corrected chi connectivity index (χ4v) is 13.7. The summed E-state index contributed by atoms with van der Waals surface area (Å²) >= 11 is 0. The van der Waals surface area contributed by atoms with Crippen LogP contribution in [0.3, 0.4) is 0 Å². The van der Waals surface area contributed by atoms with Crippen molar-refractivity contribution >= 4 is 65.1 Å². The maximum atomic E-state index is 15.4. The number of nitrogens with one attached hydrogen (secondary N) is 5. The summed E-state index contributed by atoms with van der Waals surface area (Å²) in [6.45, 7) is -0.160. The van der Waals surface area contributed by atoms with Crippen molar-refractivity contribution in [2.24, 2.45) is 28.7 Å². The Bertz CT molecular complexity index is 3340. The smallest absolute Gasteiger partial charge is 0.324 e. The molecule has 1 aliphatic heterocycles. The van der Waals surface area contributed by atoms with E-state index in [0.29, 0.717) is 31.4 Å². The first-order valence-corrected chi connectivity index (χ1v) is 39.9. The second-order valence-electron chi connectivity index (χ2n) is 29.0. The number of carbonyl (C=O) groups is 11. The van der Waals surface area contributed by atoms with Gasteiger partial charge in [-0.25, -0.2) is 4.79 Å². The van der Waals surface area contributed by atoms with Crippen LogP contribution < -0.4 is 55.3 Å². The highest BCUT2D eigenvalue weighted by Crippen LogP contribution is 2.18. The summed E-state index contributed by atoms with van der Waals surface area (Å²) in [5.74, 6) is -5.78. The van der Waals surface area contributed by atoms with Gasteiger partial charge in [-0.15, -0.1) is 0 Å². The Kier molecular flexibility index (Phi) is 44.6. The Hall–Kier alpha value is -9.11. The van der Waals surface area contributed by atoms with Crippen LogP contribution in [0.15, 0.2) is 121 Å². The van der Waals surface area contributed by atoms with E-state index in [4.69, 9.17) is 28.7 Å². The highest BCUT2D eigenvalue weighted by molar-refractivity contribution is 5.96. The van der Waals surface area contributed by atoms with E-state index in [1.165, 1.54) is 71.0 Å². The quantitative estimate of drug-likeness (QED) is 0.0221. The van der Waals surface area contributed by atoms with E-state index in [-0.39, 0.29) is 129 Å². The first-order valence-electron chi connectivity index (χ1n) is 39.9. The molecule has 1 aliphatic rings. The van der Waals surface area contributed by atoms with Crippen molar-refractivity contribution in [3.05, 3.63) is 144 Å². The lowest BCUT2D eigenvalue weighted by Crippen LogP contribution is -2.57. The van der Waals surface area contributed by atoms with Gasteiger partial charge < -0.3 is 74.9 Å². The van der Waals surface area contributed by atoms with Gasteiger partial charge >= 0.3 is 6.03 Å². The molecule has 1 fully saturated rings. The standard InChI is InChI=1S/C83H127N15O11/c1-2-3-4-5-6-7-8-9-10-11-12-13-26-41-78(104)94(60-73(88)99)55-68(40-27-28-47-84)93-83(109)98-59-72(54-67-38-24-17-25-39-67)92-77(103)63-97(81(107)44-31-50-87)58-71(53-66-36-22-16-23-37-66)91-76(102)62-96(80(106)43-30-49-86)57-70(52-65-34-20-15-21-35-65)90-75(101)61-95(79(105)42-29-48-85)56-69(51-64-32-18-14-19-33-64)89-74(100)45-46-82(98)108/h14-25,32-39,68-72H,2-13,26-31,40-63,84-87H2,1H3,(H2,88,99)(H,89,100)(H,90,101)(H,91,102)(H,92,103)(H,93,109)/t68-,69-,70-,71-,72-/m0/s1. The third-order valence-electron chi connectivity index (χ3n) is 19.4. The number of primary amides is 1. The minimum atomic E-state index is -1.06. The van der Waals surface area contributed by atoms with E-state index in [0.717, 1.165) is 47.3 Å². The second-order valence-corrected chi connectivity index (χ2v) is 29.0. The number of imide groups is 1. The molecular formula is C83H127N15O11. The van der Waals surface area contributed by atoms with Gasteiger partial charge in [0.25, 0.3) is 0 Å². The van der Waals surface area contributed by atoms with Gasteiger partial charge in [-0.1, -0.05) is 212 Å². The molecule has 5 rings (SSSR count). The molecule has 0 aromatic heterocycles. The summed E-state index contributed by atoms with van der Waals surface area (Å²) in [6.07, 6.45) is 16.1. The molecule has 26 nitrogen and oxygen atoms in total. The fourth-order valence-electron chi connectivity index (χ4n) is 13.7. The zero-order valence-electron chi connectivity index (χ0n) is 64.7. The molecule has 15 N–H and O–H groups in total. The number of unbranched alkanes of at least 4 members (excludes halogenated alkanes) is 13. The Labute approximate surface area is 646 Å². The maximum absolute atomic E-state index is 15.4. The SMILES string of the molecule is CCCCCCCCCCCCCCCC(=O)N(CC(N)=O)C[C@H](CCCCN)NC(=O)N1C[C@H](Cc2ccccc2)NC(=O)CN(C(=O)CCCN)C[C@H](Cc2ccccc2)NC(=O)CN(C(=O)CCCN)C[C@H](Cc2ccccc2)NC(=O)CN(C(=O)CCCN)C[C@H](Cc2ccccc2)NC(=O)CCC1=O. The molecule has 600 valence electrons. The van der Waals surface area contributed by atoms with Gasteiger partial charge in [0.15, 0.2) is 0 Å². The Morgan fingerprint density at radius 1 is 0.422 bits per heavy atom. The minimum absolute atomic E-state index is 0.0315. The topological polar surface area (TPSA) is 394 Å². The Balaban J connectivity index is 1.60. The molecule has 0 bridgehead atoms. The van der Waals surface area contributed by atoms with Gasteiger partial charge in [-0.2, -0.15) is 0 Å². The summed E-state index contributed by atoms with van der Waals surface area (Å²) in [5.41, 5.74) is 32.7. The van der Waals surface area contributed by atoms with Crippen LogP contribution in [0.4, 0.5) is 4.79 Å². The molecule has 1 saturated heterocycles. The highest BCUT2D eigenvalue weighted by Gasteiger charge is 2.34. The molecule has 4 aromatic carbocycles. The van der Waals surface area contributed by atoms with Crippen LogP contribution in [0.25, 0.3) is 0 Å². The number of carbonyl (C=O) groups excluding carboxylic acids is 11. The first-order chi connectivity index (χ1) is 52.8. The Morgan fingerprint density at radius 3 is 1.11 bits per heavy atom. The number of rotatable bonds is 40. The molecule has 0 aliphatic carbocycles. The number of nitrogens with zero attached hydrogens (tertiary/aromatic N) is 5. The highest BCUT2D eigenvalue weighted by atomic mass is 16.2. The number of hydrogen-bond acceptors (Lipinski definition) is 15. The molecule has 0 radical (unpaired) electrons. The lowest BCUT2D eigenvalue weighted by Gasteiger charge is -2.33. The van der Waals surface area contributed by atoms with Crippen LogP contribution >= 0.6 is 0 Å². The van der Waals surface area contributed by atoms with Gasteiger partial charge in [0, 0.05) is 70.7 Å². The van der Waals surface area contributed by atoms with Crippen LogP contribution in [0.5, 0.6) is 0 Å². The van der Waals surface area contributed by atoms with E-state index < -0.39 is 135 Å². The third-order valence-corrected chi connectivity index (χ3v) is 19.4. The van der Waals surface area contributed by atoms with Crippen molar-refractivity contribution in [2.75, 3.05) is 85.1 Å². The predicted octanol–water partition coefficient (Wildman–Crippen LogP) is 6.22. The molecule has 0 unspecified atom stereocenters. The van der Waals surface area contributed by atoms with Crippen molar-refractivity contribution in [3.63, 3.8) is 0 Å². The van der Waals surface area contributed by atoms with Gasteiger partial charge in [0.1, 0.15) is 0 Å². The summed E-state index contributed by atoms with van der Waals surface area (Å²) in [4.78, 5) is 167. The number of hydrogen-bond donors (Lipinski definition) is 10. The molecule has 0 saturated carbocycles. The lowest BCUT2D eigenvalue weighted by atomic mass is 10.0. The van der Waals surface area contributed by atoms with Crippen molar-refractivity contribution in [1.29, 1.82) is 0 Å². The predicted molar refractivity (Wildman–Crippen MR) is 425 cm³/mol. The summed E-state index contributed by atoms with van der Waals surface area (Å²) in [6, 6.07) is 31.2. The second kappa shape index (κ2) is 53.7. The van der Waals surface area contributed by atoms with Crippen LogP contribution in [-0.4, -0.2) is 205 Å². The molecular weight excluding hydrogens is 1380 g/mol. The average molecular weight is 1510 g/mol. The van der Waals surface area contributed by atoms with E-state index >= 15 is 14.4 Å². The fraction of sp³-hybridized carbons (Fsp3) is 0.578. The molecule has 12 amide bonds. The van der Waals surface area contributed by atoms with Crippen molar-refractivity contribution in [2.45, 2.75) is 223 Å². The van der Waals surface area contributed by atoms with E-state index in [2.05, 4.69) is 33.5 Å². The maximum Gasteiger partial charge on any atom is 0.324 e. The number of amides is 12. The summed E-state index contributed by atoms with van der Waals surface area (Å²) in [7, 11) is 0. The van der Waals surface area contributed by atoms with Gasteiger partial charge in [0.05, 0.1) is 56.9 Å². The van der Waals surface area contributed by atoms with Crippen LogP contribution in [0.1, 0.15) is 190 Å². The largest absolute Gasteiger partial charge is 0.368 e. The normalized spacial score (nSPS) is 17.3. The number of benzene rings is 4. The molecule has 26 heteroatoms. The molecule has 4 aromatic rings. The van der Waals surface area contributed by atoms with Crippen LogP contribution in [0.2, 0.25) is 0 Å². The van der Waals surface area contributed by atoms with Gasteiger partial charge in [-0.05, 0) is 113 Å². The van der Waals surface area contributed by atoms with Crippen LogP contribution in [0, 0.1) is 0 Å². The van der Waals surface area contributed by atoms with E-state index in [9.17, 15) is 38.4 Å². The summed E-state index contributed by atoms with van der Waals surface area (Å²) < 4.78 is 0. The first kappa shape index (κ1) is 90.5. The van der Waals surface area contributed by atoms with Crippen molar-refractivity contribution < 1.29 is 52.7 Å². The molecule has 5 atom stereocenters. The van der Waals surface area contributed by atoms with E-state index in [1.54, 1.807) is 12.1 Å². The monoisotopic (exact) mass is 1510 g/mol. The minimum Gasteiger partial charge on any atom is -0.368 e. The molecule has 109 heavy (non-hydrogen) atoms. The third kappa shape index (κ3) is 38.2. The number of nitrogens with two attached hydrogens (primary N) is 5. The van der Waals surface area contributed by atoms with Gasteiger partial charge in [-0.3, -0.25) is 52.8 Å². The van der Waals surface area contributed by atoms with E-state index in [1.807, 2.05) is 109 Å². The Morgan fingerprint density at radius 2 is 0.761 bits per heavy atom. The van der Waals surface area contributed by atoms with Crippen molar-refractivity contribution in [3.8, 4) is 0 Å². The van der Waals surface area contributed by atoms with Crippen molar-refractivity contribution in [1.82, 2.24) is 51.1 Å². The number of urea groups is 1. The zero-order chi connectivity index (χ0) is 78.8. The summed E-state index contributed by atoms with van der Waals surface area (Å²) in [5, 5.41) is 15.2. The van der Waals surface area contributed by atoms with Crippen LogP contribution in [-0.2, 0) is 73.6 Å². The van der Waals surface area contributed by atoms with Gasteiger partial charge in [0.2, 0.25) is 59.1 Å².